The predicted molar refractivity (Wildman–Crippen MR) is 126 cm³/mol. The van der Waals surface area contributed by atoms with Crippen LogP contribution in [0.4, 0.5) is 10.2 Å². The summed E-state index contributed by atoms with van der Waals surface area (Å²) in [5.41, 5.74) is 1.47. The maximum atomic E-state index is 13.2. The van der Waals surface area contributed by atoms with Crippen molar-refractivity contribution in [2.45, 2.75) is 19.8 Å². The number of rotatable bonds is 7. The highest BCUT2D eigenvalue weighted by Crippen LogP contribution is 2.20. The van der Waals surface area contributed by atoms with Crippen molar-refractivity contribution in [3.63, 3.8) is 0 Å². The Balaban J connectivity index is 1.36. The lowest BCUT2D eigenvalue weighted by atomic mass is 10.1. The van der Waals surface area contributed by atoms with Gasteiger partial charge in [-0.25, -0.2) is 4.39 Å². The van der Waals surface area contributed by atoms with Gasteiger partial charge in [-0.2, -0.15) is 0 Å². The quantitative estimate of drug-likeness (QED) is 0.532. The van der Waals surface area contributed by atoms with Gasteiger partial charge in [0, 0.05) is 38.3 Å². The molecule has 0 spiro atoms. The van der Waals surface area contributed by atoms with Gasteiger partial charge in [-0.15, -0.1) is 10.2 Å². The lowest BCUT2D eigenvalue weighted by molar-refractivity contribution is -0.131. The standard InChI is InChI=1S/C25H28FN5O3/c1-2-12-31(25(33)22-5-3-17-34-22)18-24(32)30-14-4-13-29(15-16-30)23-11-10-21(27-28-23)19-6-8-20(26)9-7-19/h3,5-11,17H,2,4,12-16,18H2,1H3. The largest absolute Gasteiger partial charge is 0.459 e. The van der Waals surface area contributed by atoms with Crippen LogP contribution in [0.15, 0.2) is 59.2 Å². The fourth-order valence-corrected chi connectivity index (χ4v) is 4.01. The van der Waals surface area contributed by atoms with Crippen molar-refractivity contribution in [3.8, 4) is 11.3 Å². The third-order valence-electron chi connectivity index (χ3n) is 5.80. The molecule has 0 aliphatic carbocycles. The average Bonchev–Trinajstić information content (AvgIpc) is 3.28. The Morgan fingerprint density at radius 2 is 1.85 bits per heavy atom. The molecular weight excluding hydrogens is 437 g/mol. The number of furan rings is 1. The van der Waals surface area contributed by atoms with Crippen LogP contribution in [-0.2, 0) is 4.79 Å². The number of amides is 2. The van der Waals surface area contributed by atoms with Gasteiger partial charge in [0.2, 0.25) is 5.91 Å². The summed E-state index contributed by atoms with van der Waals surface area (Å²) in [6.07, 6.45) is 2.99. The van der Waals surface area contributed by atoms with Gasteiger partial charge in [0.15, 0.2) is 11.6 Å². The topological polar surface area (TPSA) is 82.8 Å². The van der Waals surface area contributed by atoms with E-state index in [9.17, 15) is 14.0 Å². The second-order valence-corrected chi connectivity index (χ2v) is 8.21. The maximum Gasteiger partial charge on any atom is 0.290 e. The van der Waals surface area contributed by atoms with Crippen molar-refractivity contribution < 1.29 is 18.4 Å². The Hall–Kier alpha value is -3.75. The van der Waals surface area contributed by atoms with Crippen LogP contribution in [-0.4, -0.2) is 71.1 Å². The van der Waals surface area contributed by atoms with Gasteiger partial charge in [-0.3, -0.25) is 9.59 Å². The number of carbonyl (C=O) groups is 2. The minimum absolute atomic E-state index is 0.0273. The van der Waals surface area contributed by atoms with Crippen molar-refractivity contribution in [3.05, 3.63) is 66.4 Å². The van der Waals surface area contributed by atoms with E-state index in [-0.39, 0.29) is 29.9 Å². The van der Waals surface area contributed by atoms with Gasteiger partial charge in [0.25, 0.3) is 5.91 Å². The molecule has 178 valence electrons. The summed E-state index contributed by atoms with van der Waals surface area (Å²) in [7, 11) is 0. The monoisotopic (exact) mass is 465 g/mol. The maximum absolute atomic E-state index is 13.2. The first-order valence-electron chi connectivity index (χ1n) is 11.5. The van der Waals surface area contributed by atoms with E-state index >= 15 is 0 Å². The van der Waals surface area contributed by atoms with Crippen LogP contribution < -0.4 is 4.90 Å². The summed E-state index contributed by atoms with van der Waals surface area (Å²) >= 11 is 0. The molecule has 34 heavy (non-hydrogen) atoms. The minimum Gasteiger partial charge on any atom is -0.459 e. The highest BCUT2D eigenvalue weighted by Gasteiger charge is 2.25. The number of hydrogen-bond donors (Lipinski definition) is 0. The van der Waals surface area contributed by atoms with Crippen molar-refractivity contribution >= 4 is 17.6 Å². The molecule has 1 aliphatic rings. The number of carbonyl (C=O) groups excluding carboxylic acids is 2. The number of anilines is 1. The smallest absolute Gasteiger partial charge is 0.290 e. The van der Waals surface area contributed by atoms with Gasteiger partial charge >= 0.3 is 0 Å². The van der Waals surface area contributed by atoms with Crippen molar-refractivity contribution in [2.24, 2.45) is 0 Å². The van der Waals surface area contributed by atoms with Crippen LogP contribution in [0.5, 0.6) is 0 Å². The average molecular weight is 466 g/mol. The SMILES string of the molecule is CCCN(CC(=O)N1CCCN(c2ccc(-c3ccc(F)cc3)nn2)CC1)C(=O)c1ccco1. The van der Waals surface area contributed by atoms with Crippen LogP contribution in [0.3, 0.4) is 0 Å². The van der Waals surface area contributed by atoms with E-state index < -0.39 is 0 Å². The molecule has 0 saturated carbocycles. The summed E-state index contributed by atoms with van der Waals surface area (Å²) < 4.78 is 18.4. The molecule has 4 rings (SSSR count). The molecule has 9 heteroatoms. The molecule has 1 aliphatic heterocycles. The van der Waals surface area contributed by atoms with E-state index in [1.807, 2.05) is 19.1 Å². The highest BCUT2D eigenvalue weighted by molar-refractivity contribution is 5.94. The van der Waals surface area contributed by atoms with E-state index in [1.165, 1.54) is 18.4 Å². The molecular formula is C25H28FN5O3. The number of nitrogens with zero attached hydrogens (tertiary/aromatic N) is 5. The van der Waals surface area contributed by atoms with Crippen LogP contribution in [0.2, 0.25) is 0 Å². The van der Waals surface area contributed by atoms with Crippen LogP contribution in [0, 0.1) is 5.82 Å². The van der Waals surface area contributed by atoms with Gasteiger partial charge in [0.1, 0.15) is 12.4 Å². The van der Waals surface area contributed by atoms with E-state index in [0.717, 1.165) is 30.8 Å². The predicted octanol–water partition coefficient (Wildman–Crippen LogP) is 3.47. The van der Waals surface area contributed by atoms with Gasteiger partial charge in [-0.1, -0.05) is 6.92 Å². The molecule has 0 unspecified atom stereocenters. The molecule has 1 aromatic carbocycles. The number of halogens is 1. The Morgan fingerprint density at radius 1 is 1.03 bits per heavy atom. The summed E-state index contributed by atoms with van der Waals surface area (Å²) in [6.45, 7) is 5.01. The van der Waals surface area contributed by atoms with Crippen LogP contribution >= 0.6 is 0 Å². The molecule has 0 atom stereocenters. The molecule has 8 nitrogen and oxygen atoms in total. The summed E-state index contributed by atoms with van der Waals surface area (Å²) in [5.74, 6) is 0.341. The zero-order valence-electron chi connectivity index (χ0n) is 19.2. The molecule has 0 N–H and O–H groups in total. The summed E-state index contributed by atoms with van der Waals surface area (Å²) in [5, 5.41) is 8.65. The molecule has 2 amide bonds. The minimum atomic E-state index is -0.292. The van der Waals surface area contributed by atoms with Crippen LogP contribution in [0.25, 0.3) is 11.3 Å². The van der Waals surface area contributed by atoms with E-state index in [2.05, 4.69) is 15.1 Å². The number of hydrogen-bond acceptors (Lipinski definition) is 6. The van der Waals surface area contributed by atoms with Crippen molar-refractivity contribution in [2.75, 3.05) is 44.2 Å². The molecule has 1 saturated heterocycles. The fourth-order valence-electron chi connectivity index (χ4n) is 4.01. The third kappa shape index (κ3) is 5.59. The Labute approximate surface area is 198 Å². The molecule has 0 radical (unpaired) electrons. The second-order valence-electron chi connectivity index (χ2n) is 8.21. The van der Waals surface area contributed by atoms with E-state index in [4.69, 9.17) is 4.42 Å². The summed E-state index contributed by atoms with van der Waals surface area (Å²) in [6, 6.07) is 13.2. The number of aromatic nitrogens is 2. The molecule has 3 aromatic rings. The van der Waals surface area contributed by atoms with E-state index in [0.29, 0.717) is 31.9 Å². The first-order chi connectivity index (χ1) is 16.5. The van der Waals surface area contributed by atoms with Crippen molar-refractivity contribution in [1.82, 2.24) is 20.0 Å². The van der Waals surface area contributed by atoms with Gasteiger partial charge in [0.05, 0.1) is 12.0 Å². The Morgan fingerprint density at radius 3 is 2.53 bits per heavy atom. The molecule has 1 fully saturated rings. The number of benzene rings is 1. The van der Waals surface area contributed by atoms with Crippen molar-refractivity contribution in [1.29, 1.82) is 0 Å². The van der Waals surface area contributed by atoms with E-state index in [1.54, 1.807) is 34.1 Å². The second kappa shape index (κ2) is 10.9. The molecule has 0 bridgehead atoms. The first kappa shape index (κ1) is 23.4. The molecule has 2 aromatic heterocycles. The summed E-state index contributed by atoms with van der Waals surface area (Å²) in [4.78, 5) is 31.1. The Bertz CT molecular complexity index is 1090. The highest BCUT2D eigenvalue weighted by atomic mass is 19.1. The van der Waals surface area contributed by atoms with Gasteiger partial charge in [-0.05, 0) is 61.4 Å². The van der Waals surface area contributed by atoms with Crippen LogP contribution in [0.1, 0.15) is 30.3 Å². The molecule has 3 heterocycles. The van der Waals surface area contributed by atoms with Gasteiger partial charge < -0.3 is 19.1 Å². The third-order valence-corrected chi connectivity index (χ3v) is 5.80. The zero-order chi connectivity index (χ0) is 23.9. The lowest BCUT2D eigenvalue weighted by Crippen LogP contribution is -2.44. The normalized spacial score (nSPS) is 14.1. The fraction of sp³-hybridized carbons (Fsp3) is 0.360. The Kier molecular flexibility index (Phi) is 7.51. The lowest BCUT2D eigenvalue weighted by Gasteiger charge is -2.26. The zero-order valence-corrected chi connectivity index (χ0v) is 19.2. The first-order valence-corrected chi connectivity index (χ1v) is 11.5.